The van der Waals surface area contributed by atoms with E-state index >= 15 is 0 Å². The van der Waals surface area contributed by atoms with Gasteiger partial charge in [0.2, 0.25) is 21.8 Å². The summed E-state index contributed by atoms with van der Waals surface area (Å²) < 4.78 is 27.3. The van der Waals surface area contributed by atoms with Gasteiger partial charge in [0, 0.05) is 57.8 Å². The van der Waals surface area contributed by atoms with Crippen LogP contribution < -0.4 is 4.72 Å². The van der Waals surface area contributed by atoms with Crippen molar-refractivity contribution >= 4 is 27.6 Å². The smallest absolute Gasteiger partial charge is 0.240 e. The zero-order valence-corrected chi connectivity index (χ0v) is 18.7. The molecule has 0 spiro atoms. The van der Waals surface area contributed by atoms with E-state index in [1.807, 2.05) is 4.90 Å². The molecule has 1 N–H and O–H groups in total. The number of carbonyl (C=O) groups is 3. The van der Waals surface area contributed by atoms with Crippen LogP contribution in [0.3, 0.4) is 0 Å². The Morgan fingerprint density at radius 1 is 0.935 bits per heavy atom. The van der Waals surface area contributed by atoms with Gasteiger partial charge >= 0.3 is 0 Å². The third kappa shape index (κ3) is 6.34. The maximum absolute atomic E-state index is 12.5. The van der Waals surface area contributed by atoms with Gasteiger partial charge < -0.3 is 9.80 Å². The molecule has 10 heteroatoms. The fraction of sp³-hybridized carbons (Fsp3) is 0.571. The van der Waals surface area contributed by atoms with Gasteiger partial charge in [-0.2, -0.15) is 0 Å². The number of carbonyl (C=O) groups excluding carboxylic acids is 3. The highest BCUT2D eigenvalue weighted by Crippen LogP contribution is 2.13. The van der Waals surface area contributed by atoms with Crippen LogP contribution in [0.15, 0.2) is 29.2 Å². The number of Topliss-reactive ketones (excluding diaryl/α,β-unsaturated/α-hetero) is 1. The quantitative estimate of drug-likeness (QED) is 0.572. The van der Waals surface area contributed by atoms with Crippen molar-refractivity contribution in [2.75, 3.05) is 52.4 Å². The monoisotopic (exact) mass is 450 g/mol. The van der Waals surface area contributed by atoms with Crippen molar-refractivity contribution in [2.24, 2.45) is 0 Å². The molecule has 170 valence electrons. The minimum absolute atomic E-state index is 0.00364. The maximum atomic E-state index is 12.5. The molecule has 0 atom stereocenters. The fourth-order valence-electron chi connectivity index (χ4n) is 3.83. The average molecular weight is 451 g/mol. The maximum Gasteiger partial charge on any atom is 0.240 e. The molecule has 2 aliphatic heterocycles. The molecule has 0 bridgehead atoms. The molecule has 2 fully saturated rings. The SMILES string of the molecule is CC(=O)c1cccc(S(=O)(=O)NCCC(=O)N2CCN(CC(=O)N3CCCC3)CC2)c1. The van der Waals surface area contributed by atoms with E-state index in [1.54, 1.807) is 11.0 Å². The van der Waals surface area contributed by atoms with Crippen molar-refractivity contribution in [3.8, 4) is 0 Å². The van der Waals surface area contributed by atoms with Crippen molar-refractivity contribution in [3.63, 3.8) is 0 Å². The lowest BCUT2D eigenvalue weighted by molar-refractivity contribution is -0.134. The number of hydrogen-bond acceptors (Lipinski definition) is 6. The topological polar surface area (TPSA) is 107 Å². The summed E-state index contributed by atoms with van der Waals surface area (Å²) in [5, 5.41) is 0. The Kier molecular flexibility index (Phi) is 7.79. The molecular weight excluding hydrogens is 420 g/mol. The van der Waals surface area contributed by atoms with Crippen molar-refractivity contribution in [3.05, 3.63) is 29.8 Å². The first kappa shape index (κ1) is 23.4. The molecule has 2 heterocycles. The van der Waals surface area contributed by atoms with Gasteiger partial charge in [-0.15, -0.1) is 0 Å². The summed E-state index contributed by atoms with van der Waals surface area (Å²) in [7, 11) is -3.80. The van der Waals surface area contributed by atoms with E-state index in [2.05, 4.69) is 9.62 Å². The number of sulfonamides is 1. The molecule has 2 aliphatic rings. The number of ketones is 1. The second-order valence-electron chi connectivity index (χ2n) is 7.98. The molecule has 0 unspecified atom stereocenters. The van der Waals surface area contributed by atoms with Gasteiger partial charge in [0.25, 0.3) is 0 Å². The van der Waals surface area contributed by atoms with Crippen molar-refractivity contribution < 1.29 is 22.8 Å². The largest absolute Gasteiger partial charge is 0.342 e. The summed E-state index contributed by atoms with van der Waals surface area (Å²) in [6.45, 7) is 5.75. The van der Waals surface area contributed by atoms with Crippen LogP contribution in [-0.2, 0) is 19.6 Å². The Hall–Kier alpha value is -2.30. The molecule has 1 aromatic carbocycles. The number of likely N-dealkylation sites (tertiary alicyclic amines) is 1. The van der Waals surface area contributed by atoms with Crippen LogP contribution in [-0.4, -0.2) is 93.1 Å². The minimum atomic E-state index is -3.80. The lowest BCUT2D eigenvalue weighted by Gasteiger charge is -2.35. The predicted molar refractivity (Wildman–Crippen MR) is 115 cm³/mol. The standard InChI is InChI=1S/C21H30N4O5S/c1-17(26)18-5-4-6-19(15-18)31(29,30)22-8-7-20(27)25-13-11-23(12-14-25)16-21(28)24-9-2-3-10-24/h4-6,15,22H,2-3,7-14,16H2,1H3. The predicted octanol–water partition coefficient (Wildman–Crippen LogP) is 0.324. The van der Waals surface area contributed by atoms with Gasteiger partial charge in [0.1, 0.15) is 0 Å². The summed E-state index contributed by atoms with van der Waals surface area (Å²) in [5.41, 5.74) is 0.319. The van der Waals surface area contributed by atoms with Crippen LogP contribution in [0.25, 0.3) is 0 Å². The van der Waals surface area contributed by atoms with E-state index in [1.165, 1.54) is 25.1 Å². The molecule has 1 aromatic rings. The van der Waals surface area contributed by atoms with Crippen LogP contribution in [0.4, 0.5) is 0 Å². The lowest BCUT2D eigenvalue weighted by atomic mass is 10.2. The molecule has 0 aromatic heterocycles. The highest BCUT2D eigenvalue weighted by Gasteiger charge is 2.25. The summed E-state index contributed by atoms with van der Waals surface area (Å²) in [6.07, 6.45) is 2.19. The van der Waals surface area contributed by atoms with E-state index in [0.29, 0.717) is 38.3 Å². The number of rotatable bonds is 8. The van der Waals surface area contributed by atoms with Crippen molar-refractivity contribution in [1.29, 1.82) is 0 Å². The number of benzene rings is 1. The molecule has 31 heavy (non-hydrogen) atoms. The number of piperazine rings is 1. The third-order valence-corrected chi connectivity index (χ3v) is 7.18. The van der Waals surface area contributed by atoms with Crippen LogP contribution in [0.2, 0.25) is 0 Å². The highest BCUT2D eigenvalue weighted by atomic mass is 32.2. The van der Waals surface area contributed by atoms with E-state index in [4.69, 9.17) is 0 Å². The van der Waals surface area contributed by atoms with E-state index in [9.17, 15) is 22.8 Å². The summed E-state index contributed by atoms with van der Waals surface area (Å²) >= 11 is 0. The Morgan fingerprint density at radius 2 is 1.58 bits per heavy atom. The second-order valence-corrected chi connectivity index (χ2v) is 9.74. The molecule has 0 saturated carbocycles. The Labute approximate surface area is 183 Å². The fourth-order valence-corrected chi connectivity index (χ4v) is 4.91. The van der Waals surface area contributed by atoms with Gasteiger partial charge in [-0.3, -0.25) is 19.3 Å². The number of nitrogens with one attached hydrogen (secondary N) is 1. The molecule has 0 radical (unpaired) electrons. The van der Waals surface area contributed by atoms with Crippen LogP contribution in [0.1, 0.15) is 36.5 Å². The first-order chi connectivity index (χ1) is 14.8. The zero-order chi connectivity index (χ0) is 22.4. The van der Waals surface area contributed by atoms with Gasteiger partial charge in [-0.25, -0.2) is 13.1 Å². The molecular formula is C21H30N4O5S. The van der Waals surface area contributed by atoms with Crippen LogP contribution in [0.5, 0.6) is 0 Å². The van der Waals surface area contributed by atoms with Gasteiger partial charge in [0.05, 0.1) is 11.4 Å². The molecule has 3 rings (SSSR count). The van der Waals surface area contributed by atoms with Gasteiger partial charge in [-0.1, -0.05) is 12.1 Å². The Balaban J connectivity index is 1.41. The minimum Gasteiger partial charge on any atom is -0.342 e. The summed E-state index contributed by atoms with van der Waals surface area (Å²) in [4.78, 5) is 41.9. The molecule has 9 nitrogen and oxygen atoms in total. The molecule has 2 saturated heterocycles. The first-order valence-electron chi connectivity index (χ1n) is 10.6. The van der Waals surface area contributed by atoms with Crippen LogP contribution in [0, 0.1) is 0 Å². The van der Waals surface area contributed by atoms with Gasteiger partial charge in [-0.05, 0) is 31.9 Å². The number of nitrogens with zero attached hydrogens (tertiary/aromatic N) is 3. The summed E-state index contributed by atoms with van der Waals surface area (Å²) in [5.74, 6) is -0.181. The van der Waals surface area contributed by atoms with Crippen LogP contribution >= 0.6 is 0 Å². The molecule has 0 aliphatic carbocycles. The third-order valence-electron chi connectivity index (χ3n) is 5.72. The first-order valence-corrected chi connectivity index (χ1v) is 12.1. The highest BCUT2D eigenvalue weighted by molar-refractivity contribution is 7.89. The van der Waals surface area contributed by atoms with Crippen molar-refractivity contribution in [1.82, 2.24) is 19.4 Å². The Bertz CT molecular complexity index is 919. The molecule has 2 amide bonds. The van der Waals surface area contributed by atoms with E-state index in [-0.39, 0.29) is 35.5 Å². The Morgan fingerprint density at radius 3 is 2.23 bits per heavy atom. The van der Waals surface area contributed by atoms with E-state index in [0.717, 1.165) is 25.9 Å². The lowest BCUT2D eigenvalue weighted by Crippen LogP contribution is -2.51. The zero-order valence-electron chi connectivity index (χ0n) is 17.9. The van der Waals surface area contributed by atoms with Gasteiger partial charge in [0.15, 0.2) is 5.78 Å². The normalized spacial score (nSPS) is 17.7. The number of hydrogen-bond donors (Lipinski definition) is 1. The summed E-state index contributed by atoms with van der Waals surface area (Å²) in [6, 6.07) is 5.82. The van der Waals surface area contributed by atoms with E-state index < -0.39 is 10.0 Å². The van der Waals surface area contributed by atoms with Crippen molar-refractivity contribution in [2.45, 2.75) is 31.1 Å². The average Bonchev–Trinajstić information content (AvgIpc) is 3.29. The number of amides is 2. The second kappa shape index (κ2) is 10.3.